The van der Waals surface area contributed by atoms with Crippen molar-refractivity contribution >= 4 is 11.7 Å². The molecule has 1 rings (SSSR count). The van der Waals surface area contributed by atoms with Crippen LogP contribution in [0.4, 0.5) is 10.5 Å². The minimum Gasteiger partial charge on any atom is -0.338 e. The summed E-state index contributed by atoms with van der Waals surface area (Å²) in [6, 6.07) is 7.60. The number of nitrogens with one attached hydrogen (secondary N) is 3. The fourth-order valence-electron chi connectivity index (χ4n) is 1.49. The van der Waals surface area contributed by atoms with Crippen molar-refractivity contribution in [3.63, 3.8) is 0 Å². The number of amides is 2. The van der Waals surface area contributed by atoms with Crippen LogP contribution in [-0.2, 0) is 0 Å². The molecule has 0 heterocycles. The first-order valence-electron chi connectivity index (χ1n) is 6.04. The Morgan fingerprint density at radius 2 is 2.12 bits per heavy atom. The first kappa shape index (κ1) is 13.5. The number of urea groups is 1. The zero-order chi connectivity index (χ0) is 12.5. The average Bonchev–Trinajstić information content (AvgIpc) is 2.29. The third-order valence-corrected chi connectivity index (χ3v) is 2.34. The van der Waals surface area contributed by atoms with Gasteiger partial charge in [-0.05, 0) is 44.1 Å². The zero-order valence-corrected chi connectivity index (χ0v) is 10.5. The quantitative estimate of drug-likeness (QED) is 0.661. The molecule has 0 fully saturated rings. The van der Waals surface area contributed by atoms with Crippen LogP contribution >= 0.6 is 0 Å². The number of anilines is 1. The van der Waals surface area contributed by atoms with Crippen LogP contribution in [0.1, 0.15) is 18.9 Å². The Morgan fingerprint density at radius 3 is 2.82 bits per heavy atom. The molecule has 0 radical (unpaired) electrons. The topological polar surface area (TPSA) is 53.2 Å². The van der Waals surface area contributed by atoms with E-state index < -0.39 is 0 Å². The standard InChI is InChI=1S/C13H21N3O/c1-3-14-8-5-9-15-13(17)16-12-7-4-6-11(2)10-12/h4,6-7,10,14H,3,5,8-9H2,1-2H3,(H2,15,16,17). The number of aryl methyl sites for hydroxylation is 1. The van der Waals surface area contributed by atoms with Gasteiger partial charge in [-0.15, -0.1) is 0 Å². The molecule has 4 nitrogen and oxygen atoms in total. The summed E-state index contributed by atoms with van der Waals surface area (Å²) in [5.41, 5.74) is 1.96. The molecular formula is C13H21N3O. The van der Waals surface area contributed by atoms with Crippen LogP contribution in [0.25, 0.3) is 0 Å². The van der Waals surface area contributed by atoms with Gasteiger partial charge in [-0.25, -0.2) is 4.79 Å². The highest BCUT2D eigenvalue weighted by molar-refractivity contribution is 5.89. The van der Waals surface area contributed by atoms with Crippen molar-refractivity contribution in [2.75, 3.05) is 25.0 Å². The van der Waals surface area contributed by atoms with Gasteiger partial charge >= 0.3 is 6.03 Å². The molecule has 0 saturated carbocycles. The van der Waals surface area contributed by atoms with Gasteiger partial charge in [0.05, 0.1) is 0 Å². The van der Waals surface area contributed by atoms with E-state index in [1.165, 1.54) is 0 Å². The Kier molecular flexibility index (Phi) is 6.10. The van der Waals surface area contributed by atoms with Gasteiger partial charge in [-0.1, -0.05) is 19.1 Å². The summed E-state index contributed by atoms with van der Waals surface area (Å²) in [4.78, 5) is 11.5. The van der Waals surface area contributed by atoms with Crippen molar-refractivity contribution in [3.05, 3.63) is 29.8 Å². The Labute approximate surface area is 103 Å². The third kappa shape index (κ3) is 5.92. The molecule has 94 valence electrons. The third-order valence-electron chi connectivity index (χ3n) is 2.34. The fraction of sp³-hybridized carbons (Fsp3) is 0.462. The number of benzene rings is 1. The first-order valence-corrected chi connectivity index (χ1v) is 6.04. The molecule has 1 aromatic rings. The van der Waals surface area contributed by atoms with Crippen LogP contribution in [-0.4, -0.2) is 25.7 Å². The van der Waals surface area contributed by atoms with Crippen LogP contribution < -0.4 is 16.0 Å². The van der Waals surface area contributed by atoms with Gasteiger partial charge in [0.2, 0.25) is 0 Å². The second kappa shape index (κ2) is 7.68. The minimum atomic E-state index is -0.146. The molecule has 0 spiro atoms. The maximum Gasteiger partial charge on any atom is 0.319 e. The molecule has 0 aromatic heterocycles. The summed E-state index contributed by atoms with van der Waals surface area (Å²) >= 11 is 0. The van der Waals surface area contributed by atoms with Crippen molar-refractivity contribution in [2.45, 2.75) is 20.3 Å². The highest BCUT2D eigenvalue weighted by atomic mass is 16.2. The lowest BCUT2D eigenvalue weighted by Gasteiger charge is -2.08. The van der Waals surface area contributed by atoms with Gasteiger partial charge in [-0.2, -0.15) is 0 Å². The predicted molar refractivity (Wildman–Crippen MR) is 71.4 cm³/mol. The smallest absolute Gasteiger partial charge is 0.319 e. The maximum atomic E-state index is 11.5. The minimum absolute atomic E-state index is 0.146. The lowest BCUT2D eigenvalue weighted by atomic mass is 10.2. The van der Waals surface area contributed by atoms with E-state index in [4.69, 9.17) is 0 Å². The van der Waals surface area contributed by atoms with E-state index in [-0.39, 0.29) is 6.03 Å². The number of hydrogen-bond acceptors (Lipinski definition) is 2. The Bertz CT molecular complexity index is 352. The molecule has 0 atom stereocenters. The largest absolute Gasteiger partial charge is 0.338 e. The zero-order valence-electron chi connectivity index (χ0n) is 10.5. The summed E-state index contributed by atoms with van der Waals surface area (Å²) < 4.78 is 0. The van der Waals surface area contributed by atoms with Gasteiger partial charge in [0.25, 0.3) is 0 Å². The monoisotopic (exact) mass is 235 g/mol. The van der Waals surface area contributed by atoms with Crippen LogP contribution in [0.3, 0.4) is 0 Å². The van der Waals surface area contributed by atoms with Crippen molar-refractivity contribution < 1.29 is 4.79 Å². The van der Waals surface area contributed by atoms with Crippen molar-refractivity contribution in [3.8, 4) is 0 Å². The second-order valence-electron chi connectivity index (χ2n) is 3.96. The van der Waals surface area contributed by atoms with Crippen molar-refractivity contribution in [1.82, 2.24) is 10.6 Å². The molecule has 0 bridgehead atoms. The first-order chi connectivity index (χ1) is 8.22. The van der Waals surface area contributed by atoms with E-state index in [2.05, 4.69) is 22.9 Å². The van der Waals surface area contributed by atoms with Gasteiger partial charge < -0.3 is 16.0 Å². The molecule has 0 aliphatic rings. The predicted octanol–water partition coefficient (Wildman–Crippen LogP) is 2.12. The van der Waals surface area contributed by atoms with E-state index in [0.717, 1.165) is 30.8 Å². The summed E-state index contributed by atoms with van der Waals surface area (Å²) in [5.74, 6) is 0. The highest BCUT2D eigenvalue weighted by Crippen LogP contribution is 2.08. The molecule has 0 aliphatic heterocycles. The molecule has 0 saturated heterocycles. The summed E-state index contributed by atoms with van der Waals surface area (Å²) in [6.45, 7) is 6.65. The average molecular weight is 235 g/mol. The molecule has 0 aliphatic carbocycles. The second-order valence-corrected chi connectivity index (χ2v) is 3.96. The van der Waals surface area contributed by atoms with Crippen LogP contribution in [0, 0.1) is 6.92 Å². The molecule has 0 unspecified atom stereocenters. The molecule has 2 amide bonds. The van der Waals surface area contributed by atoms with Gasteiger partial charge in [-0.3, -0.25) is 0 Å². The fourth-order valence-corrected chi connectivity index (χ4v) is 1.49. The Morgan fingerprint density at radius 1 is 1.29 bits per heavy atom. The van der Waals surface area contributed by atoms with Crippen molar-refractivity contribution in [1.29, 1.82) is 0 Å². The molecule has 17 heavy (non-hydrogen) atoms. The van der Waals surface area contributed by atoms with Gasteiger partial charge in [0, 0.05) is 12.2 Å². The Balaban J connectivity index is 2.21. The van der Waals surface area contributed by atoms with E-state index in [1.54, 1.807) is 0 Å². The van der Waals surface area contributed by atoms with E-state index in [1.807, 2.05) is 31.2 Å². The summed E-state index contributed by atoms with van der Waals surface area (Å²) in [5, 5.41) is 8.83. The number of hydrogen-bond donors (Lipinski definition) is 3. The van der Waals surface area contributed by atoms with Crippen LogP contribution in [0.2, 0.25) is 0 Å². The normalized spacial score (nSPS) is 10.0. The Hall–Kier alpha value is -1.55. The number of carbonyl (C=O) groups is 1. The van der Waals surface area contributed by atoms with Gasteiger partial charge in [0.1, 0.15) is 0 Å². The van der Waals surface area contributed by atoms with E-state index >= 15 is 0 Å². The van der Waals surface area contributed by atoms with E-state index in [0.29, 0.717) is 6.54 Å². The van der Waals surface area contributed by atoms with Crippen LogP contribution in [0.15, 0.2) is 24.3 Å². The SMILES string of the molecule is CCNCCCNC(=O)Nc1cccc(C)c1. The highest BCUT2D eigenvalue weighted by Gasteiger charge is 2.00. The summed E-state index contributed by atoms with van der Waals surface area (Å²) in [6.07, 6.45) is 0.940. The lowest BCUT2D eigenvalue weighted by molar-refractivity contribution is 0.252. The molecule has 4 heteroatoms. The number of rotatable bonds is 6. The van der Waals surface area contributed by atoms with E-state index in [9.17, 15) is 4.79 Å². The molecule has 1 aromatic carbocycles. The van der Waals surface area contributed by atoms with Crippen LogP contribution in [0.5, 0.6) is 0 Å². The van der Waals surface area contributed by atoms with Crippen molar-refractivity contribution in [2.24, 2.45) is 0 Å². The molecule has 3 N–H and O–H groups in total. The maximum absolute atomic E-state index is 11.5. The van der Waals surface area contributed by atoms with Gasteiger partial charge in [0.15, 0.2) is 0 Å². The molecular weight excluding hydrogens is 214 g/mol. The number of carbonyl (C=O) groups excluding carboxylic acids is 1. The summed E-state index contributed by atoms with van der Waals surface area (Å²) in [7, 11) is 0. The lowest BCUT2D eigenvalue weighted by Crippen LogP contribution is -2.31.